The van der Waals surface area contributed by atoms with Crippen LogP contribution >= 0.6 is 27.5 Å². The largest absolute Gasteiger partial charge is 0.506 e. The number of hydrogen-bond donors (Lipinski definition) is 3. The summed E-state index contributed by atoms with van der Waals surface area (Å²) in [5, 5.41) is 28.5. The van der Waals surface area contributed by atoms with Gasteiger partial charge in [-0.2, -0.15) is 0 Å². The van der Waals surface area contributed by atoms with Crippen molar-refractivity contribution in [3.05, 3.63) is 43.5 Å². The molecule has 2 rings (SSSR count). The SMILES string of the molecule is O=C(Nc1cc(Cl)ccc1O)c1n[nH]c([N+](=O)[O-])c1Br. The van der Waals surface area contributed by atoms with E-state index in [1.165, 1.54) is 18.2 Å². The Morgan fingerprint density at radius 2 is 2.25 bits per heavy atom. The summed E-state index contributed by atoms with van der Waals surface area (Å²) < 4.78 is -0.0819. The molecule has 104 valence electrons. The number of nitrogens with one attached hydrogen (secondary N) is 2. The number of benzene rings is 1. The standard InChI is InChI=1S/C10H6BrClN4O4/c11-7-8(14-15-9(7)16(19)20)10(18)13-5-3-4(12)1-2-6(5)17/h1-3,17H,(H,13,18)(H,14,15). The summed E-state index contributed by atoms with van der Waals surface area (Å²) in [5.41, 5.74) is -0.142. The van der Waals surface area contributed by atoms with Crippen molar-refractivity contribution in [2.75, 3.05) is 5.32 Å². The van der Waals surface area contributed by atoms with Crippen LogP contribution in [0.1, 0.15) is 10.5 Å². The molecular formula is C10H6BrClN4O4. The van der Waals surface area contributed by atoms with Gasteiger partial charge in [-0.05, 0) is 39.1 Å². The van der Waals surface area contributed by atoms with Crippen LogP contribution in [0.4, 0.5) is 11.5 Å². The number of aromatic nitrogens is 2. The van der Waals surface area contributed by atoms with Gasteiger partial charge in [0.2, 0.25) is 0 Å². The van der Waals surface area contributed by atoms with Gasteiger partial charge in [0.15, 0.2) is 5.69 Å². The van der Waals surface area contributed by atoms with Crippen LogP contribution in [-0.4, -0.2) is 26.1 Å². The van der Waals surface area contributed by atoms with Crippen molar-refractivity contribution in [1.29, 1.82) is 0 Å². The smallest absolute Gasteiger partial charge is 0.357 e. The molecule has 8 nitrogen and oxygen atoms in total. The molecule has 0 aliphatic carbocycles. The first kappa shape index (κ1) is 14.3. The molecule has 2 aromatic rings. The normalized spacial score (nSPS) is 10.3. The molecule has 3 N–H and O–H groups in total. The fourth-order valence-corrected chi connectivity index (χ4v) is 2.05. The number of carbonyl (C=O) groups is 1. The highest BCUT2D eigenvalue weighted by Gasteiger charge is 2.25. The minimum atomic E-state index is -0.737. The van der Waals surface area contributed by atoms with E-state index in [0.717, 1.165) is 0 Å². The summed E-state index contributed by atoms with van der Waals surface area (Å²) in [4.78, 5) is 21.8. The van der Waals surface area contributed by atoms with E-state index in [9.17, 15) is 20.0 Å². The minimum Gasteiger partial charge on any atom is -0.506 e. The number of amides is 1. The van der Waals surface area contributed by atoms with Gasteiger partial charge in [0.05, 0.1) is 5.69 Å². The molecule has 0 aliphatic rings. The summed E-state index contributed by atoms with van der Waals surface area (Å²) in [6, 6.07) is 4.09. The molecule has 20 heavy (non-hydrogen) atoms. The first-order valence-corrected chi connectivity index (χ1v) is 6.25. The number of H-pyrrole nitrogens is 1. The molecule has 0 unspecified atom stereocenters. The second-order valence-corrected chi connectivity index (χ2v) is 4.84. The molecule has 1 aromatic heterocycles. The van der Waals surface area contributed by atoms with Gasteiger partial charge in [-0.3, -0.25) is 4.79 Å². The number of hydrogen-bond acceptors (Lipinski definition) is 5. The van der Waals surface area contributed by atoms with Gasteiger partial charge in [0.25, 0.3) is 5.91 Å². The number of phenols is 1. The highest BCUT2D eigenvalue weighted by Crippen LogP contribution is 2.29. The van der Waals surface area contributed by atoms with Crippen molar-refractivity contribution < 1.29 is 14.8 Å². The van der Waals surface area contributed by atoms with Gasteiger partial charge in [0.1, 0.15) is 10.2 Å². The van der Waals surface area contributed by atoms with Crippen molar-refractivity contribution in [3.63, 3.8) is 0 Å². The molecule has 0 aliphatic heterocycles. The summed E-state index contributed by atoms with van der Waals surface area (Å²) in [6.45, 7) is 0. The highest BCUT2D eigenvalue weighted by atomic mass is 79.9. The number of nitro groups is 1. The number of aromatic hydroxyl groups is 1. The van der Waals surface area contributed by atoms with E-state index in [-0.39, 0.29) is 21.6 Å². The lowest BCUT2D eigenvalue weighted by Crippen LogP contribution is -2.13. The number of halogens is 2. The second-order valence-electron chi connectivity index (χ2n) is 3.61. The maximum atomic E-state index is 11.9. The fourth-order valence-electron chi connectivity index (χ4n) is 1.38. The number of carbonyl (C=O) groups excluding carboxylic acids is 1. The zero-order valence-electron chi connectivity index (χ0n) is 9.55. The Balaban J connectivity index is 2.29. The number of anilines is 1. The number of phenolic OH excluding ortho intramolecular Hbond substituents is 1. The van der Waals surface area contributed by atoms with Crippen LogP contribution in [0, 0.1) is 10.1 Å². The van der Waals surface area contributed by atoms with E-state index < -0.39 is 16.6 Å². The maximum absolute atomic E-state index is 11.9. The van der Waals surface area contributed by atoms with Crippen LogP contribution in [-0.2, 0) is 0 Å². The highest BCUT2D eigenvalue weighted by molar-refractivity contribution is 9.10. The molecule has 1 aromatic carbocycles. The van der Waals surface area contributed by atoms with E-state index in [4.69, 9.17) is 11.6 Å². The Morgan fingerprint density at radius 3 is 2.85 bits per heavy atom. The maximum Gasteiger partial charge on any atom is 0.357 e. The Morgan fingerprint density at radius 1 is 1.55 bits per heavy atom. The first-order valence-electron chi connectivity index (χ1n) is 5.08. The molecule has 0 saturated heterocycles. The van der Waals surface area contributed by atoms with Crippen molar-refractivity contribution in [2.24, 2.45) is 0 Å². The van der Waals surface area contributed by atoms with Crippen molar-refractivity contribution in [2.45, 2.75) is 0 Å². The molecule has 0 atom stereocenters. The quantitative estimate of drug-likeness (QED) is 0.441. The van der Waals surface area contributed by atoms with Crippen LogP contribution in [0.2, 0.25) is 5.02 Å². The average molecular weight is 362 g/mol. The van der Waals surface area contributed by atoms with Crippen molar-refractivity contribution in [3.8, 4) is 5.75 Å². The van der Waals surface area contributed by atoms with Crippen LogP contribution < -0.4 is 5.32 Å². The molecule has 0 radical (unpaired) electrons. The predicted molar refractivity (Wildman–Crippen MR) is 74.0 cm³/mol. The second kappa shape index (κ2) is 5.47. The topological polar surface area (TPSA) is 121 Å². The van der Waals surface area contributed by atoms with Crippen molar-refractivity contribution >= 4 is 44.9 Å². The van der Waals surface area contributed by atoms with Gasteiger partial charge in [0, 0.05) is 5.02 Å². The third-order valence-electron chi connectivity index (χ3n) is 2.29. The lowest BCUT2D eigenvalue weighted by atomic mass is 10.3. The lowest BCUT2D eigenvalue weighted by molar-refractivity contribution is -0.390. The Labute approximate surface area is 125 Å². The van der Waals surface area contributed by atoms with Gasteiger partial charge in [-0.15, -0.1) is 5.10 Å². The van der Waals surface area contributed by atoms with Crippen LogP contribution in [0.3, 0.4) is 0 Å². The first-order chi connectivity index (χ1) is 9.40. The van der Waals surface area contributed by atoms with E-state index in [1.54, 1.807) is 0 Å². The summed E-state index contributed by atoms with van der Waals surface area (Å²) in [7, 11) is 0. The van der Waals surface area contributed by atoms with E-state index in [2.05, 4.69) is 31.4 Å². The van der Waals surface area contributed by atoms with Gasteiger partial charge >= 0.3 is 5.82 Å². The number of nitrogens with zero attached hydrogens (tertiary/aromatic N) is 2. The molecule has 0 spiro atoms. The molecule has 0 saturated carbocycles. The van der Waals surface area contributed by atoms with Crippen molar-refractivity contribution in [1.82, 2.24) is 10.2 Å². The molecule has 1 heterocycles. The van der Waals surface area contributed by atoms with Gasteiger partial charge in [-0.25, -0.2) is 0 Å². The summed E-state index contributed by atoms with van der Waals surface area (Å²) in [6.07, 6.45) is 0. The van der Waals surface area contributed by atoms with Crippen LogP contribution in [0.5, 0.6) is 5.75 Å². The average Bonchev–Trinajstić information content (AvgIpc) is 2.76. The summed E-state index contributed by atoms with van der Waals surface area (Å²) >= 11 is 8.65. The number of aromatic amines is 1. The van der Waals surface area contributed by atoms with Gasteiger partial charge in [-0.1, -0.05) is 16.7 Å². The molecule has 1 amide bonds. The molecule has 0 bridgehead atoms. The van der Waals surface area contributed by atoms with Crippen LogP contribution in [0.25, 0.3) is 0 Å². The third-order valence-corrected chi connectivity index (χ3v) is 3.28. The predicted octanol–water partition coefficient (Wildman–Crippen LogP) is 2.69. The number of rotatable bonds is 3. The molecule has 0 fully saturated rings. The third kappa shape index (κ3) is 2.73. The molecular weight excluding hydrogens is 355 g/mol. The zero-order chi connectivity index (χ0) is 14.9. The summed E-state index contributed by atoms with van der Waals surface area (Å²) in [5.74, 6) is -1.37. The van der Waals surface area contributed by atoms with E-state index in [1.807, 2.05) is 0 Å². The lowest BCUT2D eigenvalue weighted by Gasteiger charge is -2.05. The van der Waals surface area contributed by atoms with Gasteiger partial charge < -0.3 is 20.5 Å². The van der Waals surface area contributed by atoms with E-state index in [0.29, 0.717) is 5.02 Å². The Hall–Kier alpha value is -2.13. The minimum absolute atomic E-state index is 0.0695. The zero-order valence-corrected chi connectivity index (χ0v) is 11.9. The van der Waals surface area contributed by atoms with Crippen LogP contribution in [0.15, 0.2) is 22.7 Å². The molecule has 10 heteroatoms. The fraction of sp³-hybridized carbons (Fsp3) is 0. The Bertz CT molecular complexity index is 703. The monoisotopic (exact) mass is 360 g/mol. The van der Waals surface area contributed by atoms with E-state index >= 15 is 0 Å². The Kier molecular flexibility index (Phi) is 3.91.